The van der Waals surface area contributed by atoms with Crippen LogP contribution in [0, 0.1) is 0 Å². The molecule has 12 heteroatoms. The minimum absolute atomic E-state index is 0.0597. The summed E-state index contributed by atoms with van der Waals surface area (Å²) in [6.07, 6.45) is 5.95. The summed E-state index contributed by atoms with van der Waals surface area (Å²) in [6, 6.07) is 5.51. The summed E-state index contributed by atoms with van der Waals surface area (Å²) in [4.78, 5) is 34.8. The number of rotatable bonds is 5. The highest BCUT2D eigenvalue weighted by Crippen LogP contribution is 2.33. The van der Waals surface area contributed by atoms with Crippen molar-refractivity contribution in [2.24, 2.45) is 0 Å². The molecule has 4 aromatic heterocycles. The molecule has 0 unspecified atom stereocenters. The number of amides is 1. The van der Waals surface area contributed by atoms with E-state index in [0.717, 1.165) is 32.4 Å². The number of ether oxygens (including phenoxy) is 1. The quantitative estimate of drug-likeness (QED) is 0.425. The molecule has 6 rings (SSSR count). The van der Waals surface area contributed by atoms with E-state index >= 15 is 0 Å². The Bertz CT molecular complexity index is 1390. The van der Waals surface area contributed by atoms with Crippen molar-refractivity contribution >= 4 is 34.7 Å². The van der Waals surface area contributed by atoms with E-state index in [0.29, 0.717) is 60.6 Å². The predicted molar refractivity (Wildman–Crippen MR) is 130 cm³/mol. The molecular weight excluding hydrogens is 466 g/mol. The van der Waals surface area contributed by atoms with Gasteiger partial charge in [-0.05, 0) is 31.4 Å². The molecule has 0 saturated carbocycles. The molecule has 6 heterocycles. The molecule has 12 nitrogen and oxygen atoms in total. The third-order valence-corrected chi connectivity index (χ3v) is 6.29. The molecule has 4 aromatic rings. The fraction of sp³-hybridized carbons (Fsp3) is 0.375. The predicted octanol–water partition coefficient (Wildman–Crippen LogP) is 3.06. The number of oxazole rings is 2. The van der Waals surface area contributed by atoms with E-state index in [1.165, 1.54) is 12.5 Å². The molecule has 0 aliphatic carbocycles. The van der Waals surface area contributed by atoms with Crippen LogP contribution in [-0.2, 0) is 4.74 Å². The van der Waals surface area contributed by atoms with Gasteiger partial charge in [0.05, 0.1) is 24.5 Å². The second-order valence-corrected chi connectivity index (χ2v) is 8.69. The molecule has 186 valence electrons. The van der Waals surface area contributed by atoms with Gasteiger partial charge in [0.1, 0.15) is 6.26 Å². The van der Waals surface area contributed by atoms with E-state index in [1.807, 2.05) is 4.90 Å². The Morgan fingerprint density at radius 3 is 2.67 bits per heavy atom. The van der Waals surface area contributed by atoms with Crippen molar-refractivity contribution in [3.05, 3.63) is 36.4 Å². The van der Waals surface area contributed by atoms with Crippen molar-refractivity contribution in [3.8, 4) is 17.3 Å². The Balaban J connectivity index is 1.32. The third-order valence-electron chi connectivity index (χ3n) is 6.29. The summed E-state index contributed by atoms with van der Waals surface area (Å²) in [5.41, 5.74) is 1.84. The molecule has 0 atom stereocenters. The zero-order valence-corrected chi connectivity index (χ0v) is 19.5. The topological polar surface area (TPSA) is 143 Å². The zero-order chi connectivity index (χ0) is 24.5. The highest BCUT2D eigenvalue weighted by Gasteiger charge is 2.24. The first-order chi connectivity index (χ1) is 17.7. The van der Waals surface area contributed by atoms with Crippen LogP contribution in [0.3, 0.4) is 0 Å². The highest BCUT2D eigenvalue weighted by atomic mass is 16.5. The molecule has 2 fully saturated rings. The molecular formula is C24H25N7O5. The van der Waals surface area contributed by atoms with Gasteiger partial charge in [0.15, 0.2) is 17.1 Å². The van der Waals surface area contributed by atoms with Gasteiger partial charge in [0.2, 0.25) is 17.4 Å². The molecule has 2 N–H and O–H groups in total. The lowest BCUT2D eigenvalue weighted by atomic mass is 10.1. The summed E-state index contributed by atoms with van der Waals surface area (Å²) in [5.74, 6) is 0.0439. The number of hydrogen-bond acceptors (Lipinski definition) is 11. The first-order valence-corrected chi connectivity index (χ1v) is 12.0. The second-order valence-electron chi connectivity index (χ2n) is 8.69. The first kappa shape index (κ1) is 22.3. The number of morpholine rings is 1. The largest absolute Gasteiger partial charge is 0.493 e. The van der Waals surface area contributed by atoms with Crippen LogP contribution in [0.4, 0.5) is 17.5 Å². The second kappa shape index (κ2) is 9.46. The van der Waals surface area contributed by atoms with Gasteiger partial charge in [-0.3, -0.25) is 4.79 Å². The molecule has 36 heavy (non-hydrogen) atoms. The van der Waals surface area contributed by atoms with Crippen LogP contribution in [0.1, 0.15) is 29.8 Å². The Labute approximate surface area is 205 Å². The first-order valence-electron chi connectivity index (χ1n) is 12.0. The standard InChI is InChI=1S/C24H25N7O5/c32-21-15(5-4-6-25-21)23-27-17(14-35-23)22(33)26-16-13-18-19(28-20(16)30-7-2-1-3-8-30)29-24(36-18)31-9-11-34-12-10-31/h4-6,13-14H,1-3,7-12H2,(H,25,32)(H,26,33). The van der Waals surface area contributed by atoms with E-state index in [2.05, 4.69) is 25.2 Å². The number of anilines is 3. The van der Waals surface area contributed by atoms with Gasteiger partial charge in [0, 0.05) is 38.4 Å². The Kier molecular flexibility index (Phi) is 5.85. The van der Waals surface area contributed by atoms with Crippen molar-refractivity contribution < 1.29 is 23.5 Å². The normalized spacial score (nSPS) is 16.4. The summed E-state index contributed by atoms with van der Waals surface area (Å²) >= 11 is 0. The number of aromatic hydroxyl groups is 1. The van der Waals surface area contributed by atoms with E-state index in [-0.39, 0.29) is 17.5 Å². The number of carbonyl (C=O) groups excluding carboxylic acids is 1. The van der Waals surface area contributed by atoms with E-state index < -0.39 is 5.91 Å². The minimum atomic E-state index is -0.472. The van der Waals surface area contributed by atoms with Crippen LogP contribution >= 0.6 is 0 Å². The molecule has 2 aliphatic rings. The number of piperidine rings is 1. The third kappa shape index (κ3) is 4.31. The summed E-state index contributed by atoms with van der Waals surface area (Å²) in [7, 11) is 0. The maximum absolute atomic E-state index is 13.1. The smallest absolute Gasteiger partial charge is 0.300 e. The maximum atomic E-state index is 13.1. The lowest BCUT2D eigenvalue weighted by molar-refractivity contribution is 0.102. The van der Waals surface area contributed by atoms with Crippen LogP contribution in [0.15, 0.2) is 39.5 Å². The van der Waals surface area contributed by atoms with E-state index in [1.54, 1.807) is 18.2 Å². The average molecular weight is 492 g/mol. The fourth-order valence-electron chi connectivity index (χ4n) is 4.42. The lowest BCUT2D eigenvalue weighted by Gasteiger charge is -2.29. The van der Waals surface area contributed by atoms with Gasteiger partial charge in [-0.2, -0.15) is 4.98 Å². The number of pyridine rings is 2. The molecule has 2 aliphatic heterocycles. The van der Waals surface area contributed by atoms with Crippen LogP contribution in [0.5, 0.6) is 5.88 Å². The van der Waals surface area contributed by atoms with Crippen molar-refractivity contribution in [2.45, 2.75) is 19.3 Å². The van der Waals surface area contributed by atoms with Gasteiger partial charge in [-0.1, -0.05) is 0 Å². The molecule has 1 amide bonds. The van der Waals surface area contributed by atoms with Crippen molar-refractivity contribution in [1.82, 2.24) is 19.9 Å². The van der Waals surface area contributed by atoms with Crippen LogP contribution < -0.4 is 15.1 Å². The van der Waals surface area contributed by atoms with E-state index in [9.17, 15) is 9.90 Å². The molecule has 2 saturated heterocycles. The molecule has 0 radical (unpaired) electrons. The van der Waals surface area contributed by atoms with Crippen molar-refractivity contribution in [2.75, 3.05) is 54.5 Å². The van der Waals surface area contributed by atoms with Gasteiger partial charge in [-0.15, -0.1) is 0 Å². The van der Waals surface area contributed by atoms with Gasteiger partial charge >= 0.3 is 0 Å². The number of nitrogens with zero attached hydrogens (tertiary/aromatic N) is 6. The zero-order valence-electron chi connectivity index (χ0n) is 19.5. The van der Waals surface area contributed by atoms with Crippen molar-refractivity contribution in [3.63, 3.8) is 0 Å². The number of carbonyl (C=O) groups is 1. The molecule has 0 bridgehead atoms. The Hall–Kier alpha value is -4.19. The van der Waals surface area contributed by atoms with Crippen LogP contribution in [0.25, 0.3) is 22.7 Å². The fourth-order valence-corrected chi connectivity index (χ4v) is 4.42. The summed E-state index contributed by atoms with van der Waals surface area (Å²) in [5, 5.41) is 12.9. The lowest BCUT2D eigenvalue weighted by Crippen LogP contribution is -2.36. The van der Waals surface area contributed by atoms with Crippen LogP contribution in [0.2, 0.25) is 0 Å². The molecule has 0 spiro atoms. The monoisotopic (exact) mass is 491 g/mol. The minimum Gasteiger partial charge on any atom is -0.493 e. The number of fused-ring (bicyclic) bond motifs is 1. The van der Waals surface area contributed by atoms with Gasteiger partial charge in [-0.25, -0.2) is 15.0 Å². The number of aromatic nitrogens is 4. The average Bonchev–Trinajstić information content (AvgIpc) is 3.57. The SMILES string of the molecule is O=C(Nc1cc2oc(N3CCOCC3)nc2nc1N1CCCCC1)c1coc(-c2cccnc2O)n1. The van der Waals surface area contributed by atoms with Gasteiger partial charge in [0.25, 0.3) is 11.9 Å². The van der Waals surface area contributed by atoms with Gasteiger partial charge < -0.3 is 33.8 Å². The Morgan fingerprint density at radius 2 is 1.86 bits per heavy atom. The van der Waals surface area contributed by atoms with Crippen LogP contribution in [-0.4, -0.2) is 70.3 Å². The molecule has 0 aromatic carbocycles. The summed E-state index contributed by atoms with van der Waals surface area (Å²) < 4.78 is 16.9. The van der Waals surface area contributed by atoms with E-state index in [4.69, 9.17) is 18.6 Å². The summed E-state index contributed by atoms with van der Waals surface area (Å²) in [6.45, 7) is 4.28. The maximum Gasteiger partial charge on any atom is 0.300 e. The van der Waals surface area contributed by atoms with Crippen molar-refractivity contribution in [1.29, 1.82) is 0 Å². The Morgan fingerprint density at radius 1 is 1.03 bits per heavy atom. The number of nitrogens with one attached hydrogen (secondary N) is 1. The number of hydrogen-bond donors (Lipinski definition) is 2. The highest BCUT2D eigenvalue weighted by molar-refractivity contribution is 6.05.